The molecule has 114 valence electrons. The molecule has 0 aliphatic heterocycles. The number of hydrogen-bond donors (Lipinski definition) is 1. The number of aromatic nitrogens is 1. The summed E-state index contributed by atoms with van der Waals surface area (Å²) in [6.07, 6.45) is 7.14. The lowest BCUT2D eigenvalue weighted by Gasteiger charge is -2.19. The molecule has 0 atom stereocenters. The van der Waals surface area contributed by atoms with Crippen molar-refractivity contribution in [2.45, 2.75) is 59.0 Å². The maximum atomic E-state index is 4.40. The first-order valence-corrected chi connectivity index (χ1v) is 8.08. The van der Waals surface area contributed by atoms with Crippen molar-refractivity contribution in [3.8, 4) is 0 Å². The molecule has 0 spiro atoms. The molecule has 1 aromatic rings. The molecule has 3 heteroatoms. The van der Waals surface area contributed by atoms with Gasteiger partial charge in [-0.1, -0.05) is 39.7 Å². The Hall–Kier alpha value is -0.930. The summed E-state index contributed by atoms with van der Waals surface area (Å²) in [5.41, 5.74) is 1.18. The number of nitrogens with one attached hydrogen (secondary N) is 1. The third kappa shape index (κ3) is 8.28. The van der Waals surface area contributed by atoms with E-state index < -0.39 is 0 Å². The maximum absolute atomic E-state index is 4.40. The normalized spacial score (nSPS) is 11.4. The Bertz CT molecular complexity index is 324. The summed E-state index contributed by atoms with van der Waals surface area (Å²) in [6, 6.07) is 6.77. The summed E-state index contributed by atoms with van der Waals surface area (Å²) in [5, 5.41) is 3.47. The van der Waals surface area contributed by atoms with E-state index in [1.165, 1.54) is 37.9 Å². The average Bonchev–Trinajstić information content (AvgIpc) is 2.45. The van der Waals surface area contributed by atoms with Gasteiger partial charge in [0.05, 0.1) is 5.69 Å². The summed E-state index contributed by atoms with van der Waals surface area (Å²) in [5.74, 6) is 0. The predicted octanol–water partition coefficient (Wildman–Crippen LogP) is 3.46. The molecule has 0 aliphatic rings. The van der Waals surface area contributed by atoms with Gasteiger partial charge >= 0.3 is 0 Å². The predicted molar refractivity (Wildman–Crippen MR) is 86.8 cm³/mol. The highest BCUT2D eigenvalue weighted by Gasteiger charge is 2.03. The SMILES string of the molecule is CCN(CCCCCCNC(C)C)Cc1ccccn1. The third-order valence-corrected chi connectivity index (χ3v) is 3.51. The van der Waals surface area contributed by atoms with Gasteiger partial charge < -0.3 is 5.32 Å². The maximum Gasteiger partial charge on any atom is 0.0543 e. The smallest absolute Gasteiger partial charge is 0.0543 e. The Morgan fingerprint density at radius 2 is 1.95 bits per heavy atom. The van der Waals surface area contributed by atoms with Crippen molar-refractivity contribution < 1.29 is 0 Å². The Balaban J connectivity index is 2.07. The molecule has 0 fully saturated rings. The molecule has 0 aromatic carbocycles. The molecule has 1 N–H and O–H groups in total. The van der Waals surface area contributed by atoms with E-state index in [0.29, 0.717) is 6.04 Å². The molecular formula is C17H31N3. The average molecular weight is 277 g/mol. The van der Waals surface area contributed by atoms with Crippen LogP contribution in [0.25, 0.3) is 0 Å². The van der Waals surface area contributed by atoms with Gasteiger partial charge in [0, 0.05) is 18.8 Å². The Kier molecular flexibility index (Phi) is 9.25. The van der Waals surface area contributed by atoms with E-state index in [4.69, 9.17) is 0 Å². The van der Waals surface area contributed by atoms with E-state index >= 15 is 0 Å². The quantitative estimate of drug-likeness (QED) is 0.628. The number of rotatable bonds is 11. The van der Waals surface area contributed by atoms with Crippen LogP contribution in [-0.2, 0) is 6.54 Å². The van der Waals surface area contributed by atoms with Crippen LogP contribution in [0, 0.1) is 0 Å². The largest absolute Gasteiger partial charge is 0.315 e. The van der Waals surface area contributed by atoms with Crippen LogP contribution < -0.4 is 5.32 Å². The number of pyridine rings is 1. The van der Waals surface area contributed by atoms with Crippen LogP contribution in [0.5, 0.6) is 0 Å². The zero-order valence-electron chi connectivity index (χ0n) is 13.4. The zero-order chi connectivity index (χ0) is 14.6. The van der Waals surface area contributed by atoms with Crippen LogP contribution in [0.2, 0.25) is 0 Å². The lowest BCUT2D eigenvalue weighted by Crippen LogP contribution is -2.25. The minimum Gasteiger partial charge on any atom is -0.315 e. The van der Waals surface area contributed by atoms with Gasteiger partial charge in [-0.3, -0.25) is 9.88 Å². The lowest BCUT2D eigenvalue weighted by atomic mass is 10.2. The second-order valence-electron chi connectivity index (χ2n) is 5.71. The Morgan fingerprint density at radius 3 is 2.60 bits per heavy atom. The summed E-state index contributed by atoms with van der Waals surface area (Å²) >= 11 is 0. The molecule has 1 aromatic heterocycles. The van der Waals surface area contributed by atoms with Crippen LogP contribution in [-0.4, -0.2) is 35.6 Å². The first-order valence-electron chi connectivity index (χ1n) is 8.08. The molecule has 0 unspecified atom stereocenters. The molecule has 1 rings (SSSR count). The van der Waals surface area contributed by atoms with E-state index in [-0.39, 0.29) is 0 Å². The van der Waals surface area contributed by atoms with Crippen LogP contribution >= 0.6 is 0 Å². The van der Waals surface area contributed by atoms with Gasteiger partial charge in [-0.25, -0.2) is 0 Å². The van der Waals surface area contributed by atoms with Gasteiger partial charge in [-0.05, 0) is 44.6 Å². The molecule has 1 heterocycles. The number of unbranched alkanes of at least 4 members (excludes halogenated alkanes) is 3. The van der Waals surface area contributed by atoms with Gasteiger partial charge in [-0.15, -0.1) is 0 Å². The highest BCUT2D eigenvalue weighted by atomic mass is 15.1. The summed E-state index contributed by atoms with van der Waals surface area (Å²) in [7, 11) is 0. The van der Waals surface area contributed by atoms with Crippen molar-refractivity contribution in [3.63, 3.8) is 0 Å². The fraction of sp³-hybridized carbons (Fsp3) is 0.706. The molecule has 0 aliphatic carbocycles. The molecule has 0 bridgehead atoms. The van der Waals surface area contributed by atoms with Gasteiger partial charge in [0.25, 0.3) is 0 Å². The lowest BCUT2D eigenvalue weighted by molar-refractivity contribution is 0.269. The minimum atomic E-state index is 0.615. The van der Waals surface area contributed by atoms with Crippen LogP contribution in [0.1, 0.15) is 52.1 Å². The Labute approximate surface area is 124 Å². The monoisotopic (exact) mass is 277 g/mol. The third-order valence-electron chi connectivity index (χ3n) is 3.51. The number of nitrogens with zero attached hydrogens (tertiary/aromatic N) is 2. The van der Waals surface area contributed by atoms with Crippen LogP contribution in [0.15, 0.2) is 24.4 Å². The molecular weight excluding hydrogens is 246 g/mol. The summed E-state index contributed by atoms with van der Waals surface area (Å²) < 4.78 is 0. The van der Waals surface area contributed by atoms with E-state index in [1.807, 2.05) is 12.3 Å². The molecule has 0 radical (unpaired) electrons. The van der Waals surface area contributed by atoms with Crippen molar-refractivity contribution >= 4 is 0 Å². The van der Waals surface area contributed by atoms with Gasteiger partial charge in [0.15, 0.2) is 0 Å². The Morgan fingerprint density at radius 1 is 1.15 bits per heavy atom. The second kappa shape index (κ2) is 10.8. The molecule has 20 heavy (non-hydrogen) atoms. The molecule has 0 amide bonds. The van der Waals surface area contributed by atoms with Crippen molar-refractivity contribution in [2.75, 3.05) is 19.6 Å². The van der Waals surface area contributed by atoms with Crippen molar-refractivity contribution in [3.05, 3.63) is 30.1 Å². The van der Waals surface area contributed by atoms with Crippen molar-refractivity contribution in [2.24, 2.45) is 0 Å². The number of hydrogen-bond acceptors (Lipinski definition) is 3. The van der Waals surface area contributed by atoms with Crippen molar-refractivity contribution in [1.29, 1.82) is 0 Å². The summed E-state index contributed by atoms with van der Waals surface area (Å²) in [4.78, 5) is 6.88. The molecule has 0 saturated heterocycles. The highest BCUT2D eigenvalue weighted by Crippen LogP contribution is 2.05. The molecule has 3 nitrogen and oxygen atoms in total. The van der Waals surface area contributed by atoms with Gasteiger partial charge in [0.1, 0.15) is 0 Å². The van der Waals surface area contributed by atoms with E-state index in [0.717, 1.165) is 19.6 Å². The summed E-state index contributed by atoms with van der Waals surface area (Å²) in [6.45, 7) is 11.1. The topological polar surface area (TPSA) is 28.2 Å². The minimum absolute atomic E-state index is 0.615. The standard InChI is InChI=1S/C17H31N3/c1-4-20(15-17-11-7-9-13-19-17)14-10-6-5-8-12-18-16(2)3/h7,9,11,13,16,18H,4-6,8,10,12,14-15H2,1-3H3. The second-order valence-corrected chi connectivity index (χ2v) is 5.71. The highest BCUT2D eigenvalue weighted by molar-refractivity contribution is 5.03. The first kappa shape index (κ1) is 17.1. The van der Waals surface area contributed by atoms with Gasteiger partial charge in [-0.2, -0.15) is 0 Å². The molecule has 0 saturated carbocycles. The van der Waals surface area contributed by atoms with Gasteiger partial charge in [0.2, 0.25) is 0 Å². The first-order chi connectivity index (χ1) is 9.72. The van der Waals surface area contributed by atoms with Crippen LogP contribution in [0.3, 0.4) is 0 Å². The fourth-order valence-corrected chi connectivity index (χ4v) is 2.27. The van der Waals surface area contributed by atoms with E-state index in [9.17, 15) is 0 Å². The van der Waals surface area contributed by atoms with Crippen molar-refractivity contribution in [1.82, 2.24) is 15.2 Å². The van der Waals surface area contributed by atoms with E-state index in [1.54, 1.807) is 0 Å². The van der Waals surface area contributed by atoms with Crippen LogP contribution in [0.4, 0.5) is 0 Å². The zero-order valence-corrected chi connectivity index (χ0v) is 13.4. The van der Waals surface area contributed by atoms with E-state index in [2.05, 4.69) is 48.1 Å². The fourth-order valence-electron chi connectivity index (χ4n) is 2.27.